The summed E-state index contributed by atoms with van der Waals surface area (Å²) in [5, 5.41) is 31.5. The molecular formula is C26H18ClN7O15S4. The summed E-state index contributed by atoms with van der Waals surface area (Å²) in [4.78, 5) is 19.7. The van der Waals surface area contributed by atoms with Gasteiger partial charge in [0.25, 0.3) is 40.5 Å². The first kappa shape index (κ1) is 38.8. The fourth-order valence-electron chi connectivity index (χ4n) is 4.53. The minimum atomic E-state index is -5.33. The highest BCUT2D eigenvalue weighted by molar-refractivity contribution is 7.86. The first-order valence-electron chi connectivity index (χ1n) is 13.5. The monoisotopic (exact) mass is 831 g/mol. The molecule has 4 aromatic carbocycles. The Labute approximate surface area is 301 Å². The predicted octanol–water partition coefficient (Wildman–Crippen LogP) is 3.97. The lowest BCUT2D eigenvalue weighted by Crippen LogP contribution is -2.09. The number of phenols is 1. The third kappa shape index (κ3) is 8.62. The molecule has 8 N–H and O–H groups in total. The second-order valence-corrected chi connectivity index (χ2v) is 16.2. The van der Waals surface area contributed by atoms with Crippen molar-refractivity contribution in [2.75, 3.05) is 10.6 Å². The molecule has 0 spiro atoms. The van der Waals surface area contributed by atoms with Crippen molar-refractivity contribution in [1.29, 1.82) is 0 Å². The standard InChI is InChI=1S/C26H18ClN7O15S4/c27-24-30-25(28-15-6-5-12(50(38,39)40)9-14(15)23(36)37)32-26(31-24)29-17-10-13(51(41,42)43)7-11-8-19(53(47,48)49)21(22(35)20(11)17)34-33-16-3-1-2-4-18(16)52(44,45)46/h1-10,35H,(H,36,37)(H,38,39,40)(H,41,42,43)(H,44,45,46)(H,47,48,49)(H2,28,29,30,31,32). The number of carboxylic acid groups (broad SMARTS) is 1. The van der Waals surface area contributed by atoms with Crippen LogP contribution in [0, 0.1) is 0 Å². The smallest absolute Gasteiger partial charge is 0.337 e. The number of hydrogen-bond donors (Lipinski definition) is 8. The Morgan fingerprint density at radius 1 is 0.660 bits per heavy atom. The summed E-state index contributed by atoms with van der Waals surface area (Å²) in [6.07, 6.45) is 0. The van der Waals surface area contributed by atoms with Gasteiger partial charge in [0.05, 0.1) is 26.7 Å². The van der Waals surface area contributed by atoms with E-state index in [1.807, 2.05) is 0 Å². The van der Waals surface area contributed by atoms with Gasteiger partial charge in [-0.05, 0) is 65.5 Å². The van der Waals surface area contributed by atoms with Crippen LogP contribution in [0.15, 0.2) is 90.5 Å². The molecule has 0 aliphatic carbocycles. The number of rotatable bonds is 11. The van der Waals surface area contributed by atoms with Gasteiger partial charge in [0.1, 0.15) is 21.2 Å². The number of aromatic carboxylic acids is 1. The minimum absolute atomic E-state index is 0.321. The number of phenolic OH excluding ortho intramolecular Hbond substituents is 1. The van der Waals surface area contributed by atoms with E-state index in [9.17, 15) is 66.9 Å². The number of azo groups is 1. The van der Waals surface area contributed by atoms with E-state index in [1.165, 1.54) is 12.1 Å². The fraction of sp³-hybridized carbons (Fsp3) is 0. The average molecular weight is 832 g/mol. The maximum absolute atomic E-state index is 12.4. The summed E-state index contributed by atoms with van der Waals surface area (Å²) < 4.78 is 134. The molecule has 27 heteroatoms. The predicted molar refractivity (Wildman–Crippen MR) is 180 cm³/mol. The van der Waals surface area contributed by atoms with Crippen LogP contribution in [0.5, 0.6) is 5.75 Å². The Kier molecular flexibility index (Phi) is 10.1. The number of halogens is 1. The Balaban J connectivity index is 1.70. The molecule has 0 bridgehead atoms. The molecule has 0 radical (unpaired) electrons. The van der Waals surface area contributed by atoms with E-state index >= 15 is 0 Å². The molecule has 22 nitrogen and oxygen atoms in total. The topological polar surface area (TPSA) is 362 Å². The highest BCUT2D eigenvalue weighted by Crippen LogP contribution is 2.46. The maximum Gasteiger partial charge on any atom is 0.337 e. The van der Waals surface area contributed by atoms with Crippen LogP contribution in [0.25, 0.3) is 10.8 Å². The van der Waals surface area contributed by atoms with E-state index in [-0.39, 0.29) is 5.69 Å². The normalized spacial score (nSPS) is 12.6. The van der Waals surface area contributed by atoms with Crippen molar-refractivity contribution in [2.24, 2.45) is 10.2 Å². The summed E-state index contributed by atoms with van der Waals surface area (Å²) >= 11 is 6.03. The molecule has 0 saturated carbocycles. The second-order valence-electron chi connectivity index (χ2n) is 10.2. The number of aromatic hydroxyl groups is 1. The van der Waals surface area contributed by atoms with Crippen LogP contribution in [0.4, 0.5) is 34.6 Å². The minimum Gasteiger partial charge on any atom is -0.505 e. The zero-order valence-corrected chi connectivity index (χ0v) is 29.4. The third-order valence-electron chi connectivity index (χ3n) is 6.72. The Morgan fingerprint density at radius 2 is 1.25 bits per heavy atom. The Bertz CT molecular complexity index is 2860. The maximum atomic E-state index is 12.4. The SMILES string of the molecule is O=C(O)c1cc(S(=O)(=O)O)ccc1Nc1nc(Cl)nc(Nc2cc(S(=O)(=O)O)cc3cc(S(=O)(=O)O)c(N=Nc4ccccc4S(=O)(=O)O)c(O)c23)n1. The van der Waals surface area contributed by atoms with Crippen LogP contribution in [-0.2, 0) is 40.5 Å². The molecule has 1 aromatic heterocycles. The van der Waals surface area contributed by atoms with Gasteiger partial charge in [-0.25, -0.2) is 4.79 Å². The van der Waals surface area contributed by atoms with E-state index in [0.717, 1.165) is 24.3 Å². The Morgan fingerprint density at radius 3 is 1.81 bits per heavy atom. The summed E-state index contributed by atoms with van der Waals surface area (Å²) in [5.41, 5.74) is -3.11. The number of nitrogens with zero attached hydrogens (tertiary/aromatic N) is 5. The van der Waals surface area contributed by atoms with Crippen molar-refractivity contribution in [1.82, 2.24) is 15.0 Å². The van der Waals surface area contributed by atoms with Gasteiger partial charge >= 0.3 is 5.97 Å². The van der Waals surface area contributed by atoms with Crippen molar-refractivity contribution < 1.29 is 66.9 Å². The molecule has 278 valence electrons. The lowest BCUT2D eigenvalue weighted by atomic mass is 10.1. The second kappa shape index (κ2) is 13.8. The third-order valence-corrected chi connectivity index (χ3v) is 10.3. The van der Waals surface area contributed by atoms with Crippen molar-refractivity contribution in [3.05, 3.63) is 71.5 Å². The zero-order chi connectivity index (χ0) is 39.3. The summed E-state index contributed by atoms with van der Waals surface area (Å²) in [5.74, 6) is -3.90. The molecule has 0 unspecified atom stereocenters. The van der Waals surface area contributed by atoms with Crippen molar-refractivity contribution in [3.63, 3.8) is 0 Å². The number of hydrogen-bond acceptors (Lipinski definition) is 17. The van der Waals surface area contributed by atoms with Crippen molar-refractivity contribution in [3.8, 4) is 5.75 Å². The van der Waals surface area contributed by atoms with Gasteiger partial charge in [0.2, 0.25) is 17.2 Å². The molecule has 0 aliphatic heterocycles. The van der Waals surface area contributed by atoms with Crippen LogP contribution in [0.3, 0.4) is 0 Å². The molecule has 5 rings (SSSR count). The van der Waals surface area contributed by atoms with Gasteiger partial charge < -0.3 is 20.8 Å². The largest absolute Gasteiger partial charge is 0.505 e. The van der Waals surface area contributed by atoms with Gasteiger partial charge in [-0.3, -0.25) is 18.2 Å². The average Bonchev–Trinajstić information content (AvgIpc) is 3.02. The van der Waals surface area contributed by atoms with E-state index in [1.54, 1.807) is 0 Å². The van der Waals surface area contributed by atoms with E-state index in [4.69, 9.17) is 11.6 Å². The molecule has 0 aliphatic rings. The number of carbonyl (C=O) groups is 1. The number of benzene rings is 4. The Hall–Kier alpha value is -5.45. The molecular weight excluding hydrogens is 814 g/mol. The van der Waals surface area contributed by atoms with Crippen molar-refractivity contribution >= 4 is 103 Å². The van der Waals surface area contributed by atoms with Gasteiger partial charge in [0.15, 0.2) is 5.75 Å². The van der Waals surface area contributed by atoms with Crippen LogP contribution in [0.1, 0.15) is 10.4 Å². The molecule has 0 saturated heterocycles. The van der Waals surface area contributed by atoms with Gasteiger partial charge in [-0.2, -0.15) is 48.6 Å². The molecule has 1 heterocycles. The number of carboxylic acids is 1. The number of fused-ring (bicyclic) bond motifs is 1. The molecule has 0 fully saturated rings. The highest BCUT2D eigenvalue weighted by atomic mass is 35.5. The van der Waals surface area contributed by atoms with Crippen LogP contribution in [0.2, 0.25) is 5.28 Å². The van der Waals surface area contributed by atoms with Crippen LogP contribution in [-0.4, -0.2) is 83.0 Å². The summed E-state index contributed by atoms with van der Waals surface area (Å²) in [6, 6.07) is 8.87. The van der Waals surface area contributed by atoms with Gasteiger partial charge in [0, 0.05) is 5.39 Å². The van der Waals surface area contributed by atoms with Crippen LogP contribution >= 0.6 is 11.6 Å². The summed E-state index contributed by atoms with van der Waals surface area (Å²) in [6.45, 7) is 0. The van der Waals surface area contributed by atoms with Gasteiger partial charge in [-0.15, -0.1) is 10.2 Å². The van der Waals surface area contributed by atoms with E-state index in [2.05, 4.69) is 35.8 Å². The summed E-state index contributed by atoms with van der Waals surface area (Å²) in [7, 11) is -20.1. The fourth-order valence-corrected chi connectivity index (χ4v) is 7.03. The highest BCUT2D eigenvalue weighted by Gasteiger charge is 2.27. The first-order valence-corrected chi connectivity index (χ1v) is 19.6. The zero-order valence-electron chi connectivity index (χ0n) is 25.4. The molecule has 53 heavy (non-hydrogen) atoms. The number of anilines is 4. The quantitative estimate of drug-likeness (QED) is 0.0689. The molecule has 5 aromatic rings. The van der Waals surface area contributed by atoms with E-state index < -0.39 is 122 Å². The number of aromatic nitrogens is 3. The van der Waals surface area contributed by atoms with Gasteiger partial charge in [-0.1, -0.05) is 12.1 Å². The first-order chi connectivity index (χ1) is 24.4. The number of nitrogens with one attached hydrogen (secondary N) is 2. The lowest BCUT2D eigenvalue weighted by molar-refractivity contribution is 0.0697. The molecule has 0 atom stereocenters. The van der Waals surface area contributed by atoms with Crippen LogP contribution < -0.4 is 10.6 Å². The lowest BCUT2D eigenvalue weighted by Gasteiger charge is -2.15. The molecule has 0 amide bonds. The van der Waals surface area contributed by atoms with Crippen molar-refractivity contribution in [2.45, 2.75) is 19.6 Å². The van der Waals surface area contributed by atoms with E-state index in [0.29, 0.717) is 24.3 Å².